The van der Waals surface area contributed by atoms with Crippen LogP contribution < -0.4 is 9.64 Å². The number of carbonyl (C=O) groups excluding carboxylic acids is 2. The van der Waals surface area contributed by atoms with Crippen LogP contribution in [0.25, 0.3) is 0 Å². The Kier molecular flexibility index (Phi) is 5.27. The number of aliphatic hydroxyl groups excluding tert-OH is 1. The Morgan fingerprint density at radius 3 is 2.39 bits per heavy atom. The number of hydrogen-bond donors (Lipinski definition) is 1. The van der Waals surface area contributed by atoms with Gasteiger partial charge in [-0.1, -0.05) is 38.1 Å². The van der Waals surface area contributed by atoms with Crippen molar-refractivity contribution in [2.75, 3.05) is 12.0 Å². The average molecular weight is 379 g/mol. The number of nitrogens with zero attached hydrogens (tertiary/aromatic N) is 1. The van der Waals surface area contributed by atoms with Crippen molar-refractivity contribution in [1.29, 1.82) is 0 Å². The normalized spacial score (nSPS) is 16.9. The molecule has 0 aliphatic carbocycles. The van der Waals surface area contributed by atoms with Crippen molar-refractivity contribution in [1.82, 2.24) is 0 Å². The van der Waals surface area contributed by atoms with E-state index in [1.165, 1.54) is 4.90 Å². The summed E-state index contributed by atoms with van der Waals surface area (Å²) in [5, 5.41) is 10.7. The van der Waals surface area contributed by atoms with E-state index in [4.69, 9.17) is 4.74 Å². The van der Waals surface area contributed by atoms with Gasteiger partial charge in [0.05, 0.1) is 18.7 Å². The fourth-order valence-corrected chi connectivity index (χ4v) is 3.50. The lowest BCUT2D eigenvalue weighted by molar-refractivity contribution is -0.119. The number of para-hydroxylation sites is 1. The van der Waals surface area contributed by atoms with Gasteiger partial charge in [0.1, 0.15) is 5.75 Å². The first-order valence-corrected chi connectivity index (χ1v) is 9.29. The number of hydrogen-bond acceptors (Lipinski definition) is 4. The van der Waals surface area contributed by atoms with Crippen molar-refractivity contribution in [3.05, 3.63) is 70.5 Å². The Balaban J connectivity index is 2.25. The van der Waals surface area contributed by atoms with E-state index in [-0.39, 0.29) is 17.3 Å². The second kappa shape index (κ2) is 7.50. The summed E-state index contributed by atoms with van der Waals surface area (Å²) in [6.45, 7) is 7.47. The zero-order valence-corrected chi connectivity index (χ0v) is 16.8. The second-order valence-electron chi connectivity index (χ2n) is 7.37. The van der Waals surface area contributed by atoms with Crippen LogP contribution in [0, 0.1) is 19.8 Å². The lowest BCUT2D eigenvalue weighted by Gasteiger charge is -2.28. The number of benzene rings is 2. The molecule has 5 nitrogen and oxygen atoms in total. The Hall–Kier alpha value is -3.08. The van der Waals surface area contributed by atoms with E-state index in [0.717, 1.165) is 11.1 Å². The minimum Gasteiger partial charge on any atom is -0.503 e. The molecule has 28 heavy (non-hydrogen) atoms. The van der Waals surface area contributed by atoms with Crippen LogP contribution in [0.5, 0.6) is 5.75 Å². The van der Waals surface area contributed by atoms with Gasteiger partial charge in [0.2, 0.25) is 0 Å². The van der Waals surface area contributed by atoms with Gasteiger partial charge in [-0.25, -0.2) is 0 Å². The molecule has 1 atom stereocenters. The number of aliphatic hydroxyl groups is 1. The number of ether oxygens (including phenoxy) is 1. The highest BCUT2D eigenvalue weighted by Gasteiger charge is 2.45. The molecule has 3 rings (SSSR count). The van der Waals surface area contributed by atoms with Gasteiger partial charge in [0.15, 0.2) is 11.5 Å². The summed E-state index contributed by atoms with van der Waals surface area (Å²) in [4.78, 5) is 27.5. The maximum atomic E-state index is 13.0. The molecule has 0 spiro atoms. The van der Waals surface area contributed by atoms with Gasteiger partial charge < -0.3 is 9.84 Å². The van der Waals surface area contributed by atoms with E-state index in [1.54, 1.807) is 27.0 Å². The van der Waals surface area contributed by atoms with Crippen LogP contribution in [0.4, 0.5) is 5.69 Å². The van der Waals surface area contributed by atoms with E-state index in [2.05, 4.69) is 0 Å². The first-order chi connectivity index (χ1) is 13.3. The monoisotopic (exact) mass is 379 g/mol. The third kappa shape index (κ3) is 3.17. The topological polar surface area (TPSA) is 66.8 Å². The third-order valence-electron chi connectivity index (χ3n) is 5.20. The fraction of sp³-hybridized carbons (Fsp3) is 0.304. The molecule has 1 N–H and O–H groups in total. The van der Waals surface area contributed by atoms with Gasteiger partial charge in [0, 0.05) is 17.2 Å². The molecule has 1 aliphatic rings. The minimum atomic E-state index is -0.749. The molecule has 0 radical (unpaired) electrons. The van der Waals surface area contributed by atoms with E-state index >= 15 is 0 Å². The van der Waals surface area contributed by atoms with E-state index in [1.807, 2.05) is 50.2 Å². The van der Waals surface area contributed by atoms with E-state index in [9.17, 15) is 14.7 Å². The molecule has 1 heterocycles. The molecular formula is C23H25NO4. The van der Waals surface area contributed by atoms with Crippen LogP contribution in [0.2, 0.25) is 0 Å². The Morgan fingerprint density at radius 1 is 1.11 bits per heavy atom. The molecule has 0 saturated heterocycles. The number of ketones is 1. The number of amides is 1. The quantitative estimate of drug-likeness (QED) is 0.834. The van der Waals surface area contributed by atoms with Crippen LogP contribution in [0.15, 0.2) is 53.8 Å². The maximum Gasteiger partial charge on any atom is 0.294 e. The number of aryl methyl sites for hydroxylation is 2. The van der Waals surface area contributed by atoms with E-state index in [0.29, 0.717) is 17.0 Å². The van der Waals surface area contributed by atoms with Gasteiger partial charge in [-0.2, -0.15) is 0 Å². The Morgan fingerprint density at radius 2 is 1.79 bits per heavy atom. The van der Waals surface area contributed by atoms with Crippen molar-refractivity contribution in [3.8, 4) is 5.75 Å². The molecule has 1 amide bonds. The molecule has 0 bridgehead atoms. The molecule has 2 aromatic rings. The molecule has 0 aromatic heterocycles. The smallest absolute Gasteiger partial charge is 0.294 e. The predicted molar refractivity (Wildman–Crippen MR) is 109 cm³/mol. The molecule has 0 fully saturated rings. The Bertz CT molecular complexity index is 974. The molecule has 0 saturated carbocycles. The summed E-state index contributed by atoms with van der Waals surface area (Å²) in [5.74, 6) is -1.14. The van der Waals surface area contributed by atoms with Crippen LogP contribution >= 0.6 is 0 Å². The van der Waals surface area contributed by atoms with Crippen LogP contribution in [-0.2, 0) is 9.59 Å². The lowest BCUT2D eigenvalue weighted by atomic mass is 9.90. The zero-order chi connectivity index (χ0) is 20.6. The summed E-state index contributed by atoms with van der Waals surface area (Å²) in [6, 6.07) is 12.2. The highest BCUT2D eigenvalue weighted by Crippen LogP contribution is 2.44. The van der Waals surface area contributed by atoms with Crippen molar-refractivity contribution in [3.63, 3.8) is 0 Å². The maximum absolute atomic E-state index is 13.0. The molecule has 2 aromatic carbocycles. The van der Waals surface area contributed by atoms with Crippen LogP contribution in [-0.4, -0.2) is 23.9 Å². The number of methoxy groups -OCH3 is 1. The first-order valence-electron chi connectivity index (χ1n) is 9.29. The standard InChI is InChI=1S/C23H25NO4/c1-13(2)21(25)19-20(17-8-6-7-9-18(17)28-5)24(23(27)22(19)26)16-11-10-14(3)15(4)12-16/h6-13,20,26H,1-5H3. The third-order valence-corrected chi connectivity index (χ3v) is 5.20. The minimum absolute atomic E-state index is 0.114. The van der Waals surface area contributed by atoms with Crippen molar-refractivity contribution >= 4 is 17.4 Å². The van der Waals surface area contributed by atoms with Gasteiger partial charge >= 0.3 is 0 Å². The van der Waals surface area contributed by atoms with Crippen molar-refractivity contribution < 1.29 is 19.4 Å². The summed E-state index contributed by atoms with van der Waals surface area (Å²) in [7, 11) is 1.55. The first kappa shape index (κ1) is 19.7. The largest absolute Gasteiger partial charge is 0.503 e. The summed E-state index contributed by atoms with van der Waals surface area (Å²) in [6.07, 6.45) is 0. The molecule has 1 aliphatic heterocycles. The van der Waals surface area contributed by atoms with Gasteiger partial charge in [-0.3, -0.25) is 14.5 Å². The number of anilines is 1. The highest BCUT2D eigenvalue weighted by molar-refractivity contribution is 6.17. The Labute approximate surface area is 165 Å². The fourth-order valence-electron chi connectivity index (χ4n) is 3.50. The molecule has 146 valence electrons. The zero-order valence-electron chi connectivity index (χ0n) is 16.8. The molecule has 5 heteroatoms. The lowest BCUT2D eigenvalue weighted by Crippen LogP contribution is -2.31. The highest BCUT2D eigenvalue weighted by atomic mass is 16.5. The van der Waals surface area contributed by atoms with Crippen LogP contribution in [0.1, 0.15) is 36.6 Å². The van der Waals surface area contributed by atoms with Crippen molar-refractivity contribution in [2.24, 2.45) is 5.92 Å². The average Bonchev–Trinajstić information content (AvgIpc) is 2.94. The van der Waals surface area contributed by atoms with Gasteiger partial charge in [-0.15, -0.1) is 0 Å². The van der Waals surface area contributed by atoms with Gasteiger partial charge in [-0.05, 0) is 43.2 Å². The molecular weight excluding hydrogens is 354 g/mol. The van der Waals surface area contributed by atoms with Crippen molar-refractivity contribution in [2.45, 2.75) is 33.7 Å². The summed E-state index contributed by atoms with van der Waals surface area (Å²) in [5.41, 5.74) is 3.52. The van der Waals surface area contributed by atoms with Gasteiger partial charge in [0.25, 0.3) is 5.91 Å². The van der Waals surface area contributed by atoms with Crippen LogP contribution in [0.3, 0.4) is 0 Å². The summed E-state index contributed by atoms with van der Waals surface area (Å²) < 4.78 is 5.49. The van der Waals surface area contributed by atoms with E-state index < -0.39 is 17.7 Å². The number of Topliss-reactive ketones (excluding diaryl/α,β-unsaturated/α-hetero) is 1. The SMILES string of the molecule is COc1ccccc1C1C(C(=O)C(C)C)=C(O)C(=O)N1c1ccc(C)c(C)c1. The summed E-state index contributed by atoms with van der Waals surface area (Å²) >= 11 is 0. The second-order valence-corrected chi connectivity index (χ2v) is 7.37. The molecule has 1 unspecified atom stereocenters. The number of rotatable bonds is 5. The predicted octanol–water partition coefficient (Wildman–Crippen LogP) is 4.44. The number of carbonyl (C=O) groups is 2.